The maximum absolute atomic E-state index is 13.7. The fourth-order valence-corrected chi connectivity index (χ4v) is 4.79. The van der Waals surface area contributed by atoms with Crippen LogP contribution in [0.3, 0.4) is 0 Å². The van der Waals surface area contributed by atoms with Gasteiger partial charge in [0.25, 0.3) is 5.91 Å². The first kappa shape index (κ1) is 21.8. The minimum Gasteiger partial charge on any atom is -0.502 e. The third-order valence-corrected chi connectivity index (χ3v) is 6.43. The van der Waals surface area contributed by atoms with E-state index in [1.54, 1.807) is 15.8 Å². The van der Waals surface area contributed by atoms with Gasteiger partial charge in [-0.25, -0.2) is 0 Å². The molecule has 5 rings (SSSR count). The minimum absolute atomic E-state index is 0.0311. The van der Waals surface area contributed by atoms with Gasteiger partial charge in [-0.15, -0.1) is 0 Å². The van der Waals surface area contributed by atoms with Gasteiger partial charge < -0.3 is 14.7 Å². The number of aromatic nitrogens is 1. The number of benzene rings is 2. The van der Waals surface area contributed by atoms with E-state index in [0.29, 0.717) is 6.61 Å². The van der Waals surface area contributed by atoms with Gasteiger partial charge in [-0.3, -0.25) is 19.3 Å². The molecule has 2 atom stereocenters. The van der Waals surface area contributed by atoms with E-state index in [2.05, 4.69) is 0 Å². The molecule has 1 amide bonds. The molecule has 2 bridgehead atoms. The summed E-state index contributed by atoms with van der Waals surface area (Å²) in [7, 11) is 0. The smallest absolute Gasteiger partial charge is 0.278 e. The highest BCUT2D eigenvalue weighted by Gasteiger charge is 2.40. The van der Waals surface area contributed by atoms with Crippen LogP contribution in [0.25, 0.3) is 0 Å². The van der Waals surface area contributed by atoms with Gasteiger partial charge in [-0.05, 0) is 23.6 Å². The first-order valence-corrected chi connectivity index (χ1v) is 11.4. The highest BCUT2D eigenvalue weighted by atomic mass is 16.5. The Kier molecular flexibility index (Phi) is 5.61. The average molecular weight is 458 g/mol. The highest BCUT2D eigenvalue weighted by molar-refractivity contribution is 5.96. The average Bonchev–Trinajstić information content (AvgIpc) is 2.86. The van der Waals surface area contributed by atoms with Crippen molar-refractivity contribution in [1.29, 1.82) is 0 Å². The molecular weight excluding hydrogens is 430 g/mol. The summed E-state index contributed by atoms with van der Waals surface area (Å²) in [6.07, 6.45) is 5.46. The van der Waals surface area contributed by atoms with Crippen molar-refractivity contribution in [2.45, 2.75) is 25.9 Å². The van der Waals surface area contributed by atoms with E-state index in [4.69, 9.17) is 4.74 Å². The van der Waals surface area contributed by atoms with Crippen LogP contribution < -0.4 is 15.2 Å². The summed E-state index contributed by atoms with van der Waals surface area (Å²) in [5.74, 6) is -0.0845. The van der Waals surface area contributed by atoms with E-state index in [0.717, 1.165) is 16.9 Å². The fraction of sp³-hybridized carbons (Fsp3) is 0.259. The van der Waals surface area contributed by atoms with Crippen molar-refractivity contribution in [2.24, 2.45) is 5.92 Å². The number of pyridine rings is 1. The number of aromatic hydroxyl groups is 1. The predicted octanol–water partition coefficient (Wildman–Crippen LogP) is 3.67. The second-order valence-corrected chi connectivity index (χ2v) is 8.90. The lowest BCUT2D eigenvalue weighted by Crippen LogP contribution is -2.58. The van der Waals surface area contributed by atoms with Crippen molar-refractivity contribution in [2.75, 3.05) is 18.3 Å². The summed E-state index contributed by atoms with van der Waals surface area (Å²) in [6, 6.07) is 18.5. The Labute approximate surface area is 198 Å². The topological polar surface area (TPSA) is 75.0 Å². The molecule has 0 radical (unpaired) electrons. The zero-order valence-electron chi connectivity index (χ0n) is 19.2. The molecule has 174 valence electrons. The first-order valence-electron chi connectivity index (χ1n) is 11.4. The Morgan fingerprint density at radius 1 is 1.00 bits per heavy atom. The van der Waals surface area contributed by atoms with Gasteiger partial charge in [-0.2, -0.15) is 0 Å². The maximum Gasteiger partial charge on any atom is 0.278 e. The van der Waals surface area contributed by atoms with Crippen LogP contribution in [-0.4, -0.2) is 39.9 Å². The molecule has 1 unspecified atom stereocenters. The zero-order valence-corrected chi connectivity index (χ0v) is 19.2. The van der Waals surface area contributed by atoms with Gasteiger partial charge in [0.15, 0.2) is 11.4 Å². The van der Waals surface area contributed by atoms with Crippen LogP contribution in [0.2, 0.25) is 0 Å². The number of fused-ring (bicyclic) bond motifs is 5. The molecule has 0 saturated heterocycles. The number of hydrogen-bond acceptors (Lipinski definition) is 5. The molecule has 1 N–H and O–H groups in total. The van der Waals surface area contributed by atoms with Crippen LogP contribution in [0.4, 0.5) is 0 Å². The Hall–Kier alpha value is -4.00. The molecule has 3 aromatic rings. The molecule has 2 aliphatic rings. The molecule has 34 heavy (non-hydrogen) atoms. The predicted molar refractivity (Wildman–Crippen MR) is 130 cm³/mol. The van der Waals surface area contributed by atoms with Crippen LogP contribution in [0, 0.1) is 5.92 Å². The van der Waals surface area contributed by atoms with Crippen LogP contribution in [-0.2, 0) is 0 Å². The molecule has 7 heteroatoms. The largest absolute Gasteiger partial charge is 0.502 e. The van der Waals surface area contributed by atoms with Crippen LogP contribution in [0.5, 0.6) is 11.5 Å². The fourth-order valence-electron chi connectivity index (χ4n) is 4.79. The van der Waals surface area contributed by atoms with E-state index < -0.39 is 11.2 Å². The summed E-state index contributed by atoms with van der Waals surface area (Å²) in [5.41, 5.74) is 1.30. The third kappa shape index (κ3) is 3.63. The number of ether oxygens (including phenoxy) is 1. The molecule has 0 spiro atoms. The van der Waals surface area contributed by atoms with Gasteiger partial charge in [0.1, 0.15) is 25.1 Å². The van der Waals surface area contributed by atoms with Crippen LogP contribution in [0.1, 0.15) is 41.5 Å². The second kappa shape index (κ2) is 8.74. The molecule has 0 fully saturated rings. The number of carbonyl (C=O) groups excluding carboxylic acids is 1. The normalized spacial score (nSPS) is 20.7. The summed E-state index contributed by atoms with van der Waals surface area (Å²) in [5, 5.41) is 12.7. The summed E-state index contributed by atoms with van der Waals surface area (Å²) in [4.78, 5) is 27.8. The molecule has 3 heterocycles. The lowest BCUT2D eigenvalue weighted by atomic mass is 9.96. The maximum atomic E-state index is 13.7. The molecular formula is C27H27N3O4. The Balaban J connectivity index is 1.82. The third-order valence-electron chi connectivity index (χ3n) is 6.43. The highest BCUT2D eigenvalue weighted by Crippen LogP contribution is 2.37. The molecule has 2 aliphatic heterocycles. The Morgan fingerprint density at radius 2 is 1.74 bits per heavy atom. The van der Waals surface area contributed by atoms with Crippen LogP contribution >= 0.6 is 0 Å². The lowest BCUT2D eigenvalue weighted by Gasteiger charge is -2.46. The van der Waals surface area contributed by atoms with Crippen molar-refractivity contribution >= 4 is 5.91 Å². The van der Waals surface area contributed by atoms with Gasteiger partial charge in [-0.1, -0.05) is 68.5 Å². The summed E-state index contributed by atoms with van der Waals surface area (Å²) >= 11 is 0. The lowest BCUT2D eigenvalue weighted by molar-refractivity contribution is 0.0588. The number of para-hydroxylation sites is 1. The number of nitrogens with zero attached hydrogens (tertiary/aromatic N) is 3. The SMILES string of the molecule is CC(C)C1/C=C/COc2ccccc2[C@H](c2ccccc2)N2CN1C(=O)c1c(O)c(=O)ccn12. The molecule has 7 nitrogen and oxygen atoms in total. The number of amides is 1. The van der Waals surface area contributed by atoms with E-state index in [1.165, 1.54) is 6.07 Å². The van der Waals surface area contributed by atoms with Crippen molar-refractivity contribution in [3.63, 3.8) is 0 Å². The number of rotatable bonds is 2. The van der Waals surface area contributed by atoms with Crippen molar-refractivity contribution < 1.29 is 14.6 Å². The van der Waals surface area contributed by atoms with Gasteiger partial charge in [0, 0.05) is 17.8 Å². The van der Waals surface area contributed by atoms with Crippen molar-refractivity contribution in [1.82, 2.24) is 9.58 Å². The van der Waals surface area contributed by atoms with Crippen molar-refractivity contribution in [3.05, 3.63) is 106 Å². The monoisotopic (exact) mass is 457 g/mol. The first-order chi connectivity index (χ1) is 16.5. The zero-order chi connectivity index (χ0) is 23.8. The summed E-state index contributed by atoms with van der Waals surface area (Å²) in [6.45, 7) is 4.71. The Bertz CT molecular complexity index is 1300. The van der Waals surface area contributed by atoms with Gasteiger partial charge in [0.2, 0.25) is 5.43 Å². The molecule has 1 aromatic heterocycles. The molecule has 0 aliphatic carbocycles. The summed E-state index contributed by atoms with van der Waals surface area (Å²) < 4.78 is 7.79. The minimum atomic E-state index is -0.581. The van der Waals surface area contributed by atoms with Crippen molar-refractivity contribution in [3.8, 4) is 11.5 Å². The number of carbonyl (C=O) groups is 1. The van der Waals surface area contributed by atoms with Crippen LogP contribution in [0.15, 0.2) is 83.8 Å². The Morgan fingerprint density at radius 3 is 2.50 bits per heavy atom. The second-order valence-electron chi connectivity index (χ2n) is 8.90. The molecule has 0 saturated carbocycles. The number of hydrogen-bond donors (Lipinski definition) is 1. The van der Waals surface area contributed by atoms with E-state index in [1.807, 2.05) is 85.6 Å². The quantitative estimate of drug-likeness (QED) is 0.595. The standard InChI is InChI=1S/C27H27N3O4/c1-18(2)21-12-8-16-34-23-13-7-6-11-20(23)24(19-9-4-3-5-10-19)30-17-28(21)27(33)25-26(32)22(31)14-15-29(25)30/h3-15,18,21,24,32H,16-17H2,1-2H3/b12-8+/t21?,24-/m0/s1. The molecule has 2 aromatic carbocycles. The van der Waals surface area contributed by atoms with E-state index in [9.17, 15) is 14.7 Å². The van der Waals surface area contributed by atoms with E-state index >= 15 is 0 Å². The van der Waals surface area contributed by atoms with Gasteiger partial charge in [0.05, 0.1) is 6.04 Å². The van der Waals surface area contributed by atoms with Gasteiger partial charge >= 0.3 is 0 Å². The van der Waals surface area contributed by atoms with E-state index in [-0.39, 0.29) is 36.3 Å².